The molecule has 3 aromatic rings. The maximum absolute atomic E-state index is 13.4. The molecule has 0 N–H and O–H groups in total. The van der Waals surface area contributed by atoms with Crippen molar-refractivity contribution < 1.29 is 4.79 Å². The van der Waals surface area contributed by atoms with Crippen molar-refractivity contribution in [3.05, 3.63) is 42.1 Å². The molecule has 9 nitrogen and oxygen atoms in total. The van der Waals surface area contributed by atoms with E-state index in [0.29, 0.717) is 18.5 Å². The molecule has 4 heterocycles. The van der Waals surface area contributed by atoms with Crippen LogP contribution in [0.5, 0.6) is 0 Å². The lowest BCUT2D eigenvalue weighted by Gasteiger charge is -2.40. The van der Waals surface area contributed by atoms with E-state index in [-0.39, 0.29) is 5.92 Å². The molecule has 0 radical (unpaired) electrons. The van der Waals surface area contributed by atoms with E-state index in [9.17, 15) is 4.79 Å². The maximum atomic E-state index is 13.4. The molecule has 2 aliphatic rings. The van der Waals surface area contributed by atoms with Crippen LogP contribution in [0.4, 0.5) is 5.82 Å². The molecule has 1 amide bonds. The monoisotopic (exact) mass is 546 g/mol. The second-order valence-electron chi connectivity index (χ2n) is 11.5. The van der Waals surface area contributed by atoms with Gasteiger partial charge in [-0.05, 0) is 70.2 Å². The molecule has 3 aromatic heterocycles. The Labute approximate surface area is 239 Å². The number of carbonyl (C=O) groups excluding carboxylic acids is 1. The number of aromatic nitrogens is 5. The zero-order valence-corrected chi connectivity index (χ0v) is 24.6. The Morgan fingerprint density at radius 1 is 0.925 bits per heavy atom. The highest BCUT2D eigenvalue weighted by Crippen LogP contribution is 2.30. The first-order valence-electron chi connectivity index (χ1n) is 15.5. The molecule has 1 saturated heterocycles. The fraction of sp³-hybridized carbons (Fsp3) is 0.645. The molecular weight excluding hydrogens is 500 g/mol. The lowest BCUT2D eigenvalue weighted by atomic mass is 9.84. The largest absolute Gasteiger partial charge is 0.352 e. The number of hydrogen-bond acceptors (Lipinski definition) is 7. The van der Waals surface area contributed by atoms with E-state index >= 15 is 0 Å². The van der Waals surface area contributed by atoms with Crippen molar-refractivity contribution in [1.29, 1.82) is 0 Å². The fourth-order valence-electron chi connectivity index (χ4n) is 6.55. The fourth-order valence-corrected chi connectivity index (χ4v) is 6.55. The predicted molar refractivity (Wildman–Crippen MR) is 159 cm³/mol. The molecule has 0 atom stereocenters. The third-order valence-corrected chi connectivity index (χ3v) is 8.57. The second-order valence-corrected chi connectivity index (χ2v) is 11.5. The first-order chi connectivity index (χ1) is 19.6. The van der Waals surface area contributed by atoms with Crippen LogP contribution in [0.25, 0.3) is 11.0 Å². The standard InChI is InChI=1S/C31H46N8O/c1-4-8-25-9-7-10-26(35-25)22-39-30-28(21-34-39)29(32-23-33-30)37-17-19-38(20-18-37)31(40)24-11-13-27(14-12-24)36(15-5-2)16-6-3/h7,9-10,21,23-24,27H,4-6,8,11-20,22H2,1-3H3/t24-,27-. The lowest BCUT2D eigenvalue weighted by Crippen LogP contribution is -2.51. The Hall–Kier alpha value is -3.07. The van der Waals surface area contributed by atoms with Gasteiger partial charge in [0, 0.05) is 43.8 Å². The van der Waals surface area contributed by atoms with Gasteiger partial charge < -0.3 is 14.7 Å². The van der Waals surface area contributed by atoms with Gasteiger partial charge in [-0.3, -0.25) is 9.78 Å². The molecule has 0 spiro atoms. The van der Waals surface area contributed by atoms with Crippen molar-refractivity contribution in [2.75, 3.05) is 44.2 Å². The molecule has 40 heavy (non-hydrogen) atoms. The average molecular weight is 547 g/mol. The van der Waals surface area contributed by atoms with Crippen molar-refractivity contribution >= 4 is 22.8 Å². The van der Waals surface area contributed by atoms with Gasteiger partial charge in [0.25, 0.3) is 0 Å². The summed E-state index contributed by atoms with van der Waals surface area (Å²) in [5.74, 6) is 1.44. The van der Waals surface area contributed by atoms with Crippen molar-refractivity contribution in [1.82, 2.24) is 34.5 Å². The summed E-state index contributed by atoms with van der Waals surface area (Å²) in [5, 5.41) is 5.60. The van der Waals surface area contributed by atoms with E-state index in [1.54, 1.807) is 6.33 Å². The second kappa shape index (κ2) is 13.5. The van der Waals surface area contributed by atoms with Gasteiger partial charge in [-0.1, -0.05) is 33.3 Å². The Kier molecular flexibility index (Phi) is 9.62. The zero-order chi connectivity index (χ0) is 27.9. The van der Waals surface area contributed by atoms with Gasteiger partial charge >= 0.3 is 0 Å². The molecule has 1 aliphatic heterocycles. The van der Waals surface area contributed by atoms with Gasteiger partial charge in [-0.2, -0.15) is 5.10 Å². The van der Waals surface area contributed by atoms with Crippen molar-refractivity contribution in [3.8, 4) is 0 Å². The number of amides is 1. The molecule has 0 aromatic carbocycles. The molecule has 0 bridgehead atoms. The number of piperazine rings is 1. The lowest BCUT2D eigenvalue weighted by molar-refractivity contribution is -0.137. The summed E-state index contributed by atoms with van der Waals surface area (Å²) in [6, 6.07) is 6.85. The zero-order valence-electron chi connectivity index (χ0n) is 24.6. The highest BCUT2D eigenvalue weighted by atomic mass is 16.2. The maximum Gasteiger partial charge on any atom is 0.225 e. The van der Waals surface area contributed by atoms with E-state index < -0.39 is 0 Å². The summed E-state index contributed by atoms with van der Waals surface area (Å²) in [6.07, 6.45) is 12.3. The van der Waals surface area contributed by atoms with Crippen LogP contribution >= 0.6 is 0 Å². The third kappa shape index (κ3) is 6.45. The van der Waals surface area contributed by atoms with Crippen LogP contribution in [0.3, 0.4) is 0 Å². The quantitative estimate of drug-likeness (QED) is 0.349. The molecular formula is C31H46N8O. The van der Waals surface area contributed by atoms with Gasteiger partial charge in [0.2, 0.25) is 5.91 Å². The van der Waals surface area contributed by atoms with E-state index in [1.807, 2.05) is 16.9 Å². The number of aryl methyl sites for hydroxylation is 1. The summed E-state index contributed by atoms with van der Waals surface area (Å²) < 4.78 is 1.91. The minimum atomic E-state index is 0.182. The van der Waals surface area contributed by atoms with Crippen LogP contribution in [0.1, 0.15) is 77.1 Å². The minimum Gasteiger partial charge on any atom is -0.352 e. The van der Waals surface area contributed by atoms with Crippen LogP contribution < -0.4 is 4.90 Å². The highest BCUT2D eigenvalue weighted by Gasteiger charge is 2.33. The van der Waals surface area contributed by atoms with Crippen LogP contribution in [0.15, 0.2) is 30.7 Å². The third-order valence-electron chi connectivity index (χ3n) is 8.57. The van der Waals surface area contributed by atoms with Gasteiger partial charge in [0.1, 0.15) is 12.1 Å². The Bertz CT molecular complexity index is 1240. The minimum absolute atomic E-state index is 0.182. The summed E-state index contributed by atoms with van der Waals surface area (Å²) >= 11 is 0. The normalized spacial score (nSPS) is 20.0. The number of carbonyl (C=O) groups is 1. The topological polar surface area (TPSA) is 83.3 Å². The van der Waals surface area contributed by atoms with Crippen molar-refractivity contribution in [2.24, 2.45) is 5.92 Å². The smallest absolute Gasteiger partial charge is 0.225 e. The molecule has 1 saturated carbocycles. The van der Waals surface area contributed by atoms with Gasteiger partial charge in [0.05, 0.1) is 23.8 Å². The molecule has 2 fully saturated rings. The Morgan fingerprint density at radius 3 is 2.35 bits per heavy atom. The van der Waals surface area contributed by atoms with Crippen molar-refractivity contribution in [2.45, 2.75) is 84.7 Å². The van der Waals surface area contributed by atoms with Gasteiger partial charge in [0.15, 0.2) is 5.65 Å². The average Bonchev–Trinajstić information content (AvgIpc) is 3.40. The number of hydrogen-bond donors (Lipinski definition) is 0. The highest BCUT2D eigenvalue weighted by molar-refractivity contribution is 5.87. The van der Waals surface area contributed by atoms with Crippen LogP contribution in [0, 0.1) is 5.92 Å². The number of rotatable bonds is 11. The first-order valence-corrected chi connectivity index (χ1v) is 15.5. The first kappa shape index (κ1) is 28.5. The Morgan fingerprint density at radius 2 is 1.65 bits per heavy atom. The van der Waals surface area contributed by atoms with Gasteiger partial charge in [-0.25, -0.2) is 14.6 Å². The predicted octanol–water partition coefficient (Wildman–Crippen LogP) is 4.55. The summed E-state index contributed by atoms with van der Waals surface area (Å²) in [7, 11) is 0. The molecule has 9 heteroatoms. The van der Waals surface area contributed by atoms with Crippen molar-refractivity contribution in [3.63, 3.8) is 0 Å². The van der Waals surface area contributed by atoms with E-state index in [0.717, 1.165) is 92.9 Å². The van der Waals surface area contributed by atoms with Crippen LogP contribution in [0.2, 0.25) is 0 Å². The van der Waals surface area contributed by atoms with E-state index in [2.05, 4.69) is 62.7 Å². The van der Waals surface area contributed by atoms with Gasteiger partial charge in [-0.15, -0.1) is 0 Å². The number of anilines is 1. The van der Waals surface area contributed by atoms with Crippen LogP contribution in [-0.2, 0) is 17.8 Å². The van der Waals surface area contributed by atoms with E-state index in [4.69, 9.17) is 4.98 Å². The molecule has 1 aliphatic carbocycles. The Balaban J connectivity index is 1.18. The van der Waals surface area contributed by atoms with Crippen LogP contribution in [-0.4, -0.2) is 85.7 Å². The SMILES string of the molecule is CCCc1cccc(Cn2ncc3c(N4CCN(C(=O)[C@H]5CC[C@H](N(CCC)CCC)CC5)CC4)ncnc32)n1. The number of fused-ring (bicyclic) bond motifs is 1. The number of nitrogens with zero attached hydrogens (tertiary/aromatic N) is 8. The summed E-state index contributed by atoms with van der Waals surface area (Å²) in [6.45, 7) is 12.7. The summed E-state index contributed by atoms with van der Waals surface area (Å²) in [4.78, 5) is 34.5. The summed E-state index contributed by atoms with van der Waals surface area (Å²) in [5.41, 5.74) is 2.92. The number of pyridine rings is 1. The molecule has 0 unspecified atom stereocenters. The van der Waals surface area contributed by atoms with E-state index in [1.165, 1.54) is 25.9 Å². The molecule has 216 valence electrons. The molecule has 5 rings (SSSR count).